The Morgan fingerprint density at radius 2 is 2.19 bits per heavy atom. The minimum atomic E-state index is 0. The van der Waals surface area contributed by atoms with Crippen LogP contribution >= 0.6 is 24.0 Å². The second-order valence-electron chi connectivity index (χ2n) is 6.50. The molecule has 3 rings (SSSR count). The number of benzene rings is 1. The van der Waals surface area contributed by atoms with Crippen LogP contribution in [0.2, 0.25) is 0 Å². The number of ether oxygens (including phenoxy) is 2. The number of pyridine rings is 1. The molecule has 0 bridgehead atoms. The Labute approximate surface area is 178 Å². The van der Waals surface area contributed by atoms with E-state index >= 15 is 0 Å². The van der Waals surface area contributed by atoms with Crippen LogP contribution in [0.1, 0.15) is 18.4 Å². The fraction of sp³-hybridized carbons (Fsp3) is 0.500. The molecule has 0 radical (unpaired) electrons. The summed E-state index contributed by atoms with van der Waals surface area (Å²) in [5.74, 6) is 1.37. The molecule has 6 nitrogen and oxygen atoms in total. The van der Waals surface area contributed by atoms with Crippen molar-refractivity contribution in [2.45, 2.75) is 19.4 Å². The number of para-hydroxylation sites is 1. The third-order valence-electron chi connectivity index (χ3n) is 4.52. The molecule has 1 aromatic heterocycles. The van der Waals surface area contributed by atoms with E-state index in [1.807, 2.05) is 12.3 Å². The van der Waals surface area contributed by atoms with E-state index in [-0.39, 0.29) is 24.0 Å². The first-order valence-corrected chi connectivity index (χ1v) is 9.29. The molecule has 0 saturated carbocycles. The van der Waals surface area contributed by atoms with Crippen LogP contribution in [0.25, 0.3) is 10.9 Å². The lowest BCUT2D eigenvalue weighted by Crippen LogP contribution is -2.37. The van der Waals surface area contributed by atoms with Crippen LogP contribution < -0.4 is 10.6 Å². The van der Waals surface area contributed by atoms with Crippen LogP contribution in [-0.4, -0.2) is 51.0 Å². The Kier molecular flexibility index (Phi) is 9.79. The van der Waals surface area contributed by atoms with Crippen molar-refractivity contribution in [1.82, 2.24) is 15.6 Å². The Morgan fingerprint density at radius 1 is 1.30 bits per heavy atom. The van der Waals surface area contributed by atoms with Crippen molar-refractivity contribution in [2.75, 3.05) is 40.0 Å². The first kappa shape index (κ1) is 21.8. The summed E-state index contributed by atoms with van der Waals surface area (Å²) in [6.07, 6.45) is 3.90. The second kappa shape index (κ2) is 12.1. The standard InChI is InChI=1S/C20H28N4O2.HI/c1-21-20(23-10-4-11-25-14-16-8-12-26-15-16)24-13-18-6-2-5-17-7-3-9-22-19(17)18;/h2-3,5-7,9,16H,4,8,10-15H2,1H3,(H2,21,23,24);1H. The first-order valence-electron chi connectivity index (χ1n) is 9.29. The molecule has 1 unspecified atom stereocenters. The molecule has 148 valence electrons. The molecule has 1 atom stereocenters. The van der Waals surface area contributed by atoms with Gasteiger partial charge in [-0.1, -0.05) is 24.3 Å². The second-order valence-corrected chi connectivity index (χ2v) is 6.50. The fourth-order valence-electron chi connectivity index (χ4n) is 3.06. The van der Waals surface area contributed by atoms with Gasteiger partial charge in [0.05, 0.1) is 18.7 Å². The van der Waals surface area contributed by atoms with E-state index in [0.29, 0.717) is 12.5 Å². The third kappa shape index (κ3) is 6.90. The van der Waals surface area contributed by atoms with Crippen molar-refractivity contribution < 1.29 is 9.47 Å². The van der Waals surface area contributed by atoms with Crippen molar-refractivity contribution in [2.24, 2.45) is 10.9 Å². The van der Waals surface area contributed by atoms with E-state index in [1.165, 1.54) is 0 Å². The number of nitrogens with zero attached hydrogens (tertiary/aromatic N) is 2. The molecule has 1 fully saturated rings. The van der Waals surface area contributed by atoms with Gasteiger partial charge in [-0.15, -0.1) is 24.0 Å². The average Bonchev–Trinajstić information content (AvgIpc) is 3.20. The quantitative estimate of drug-likeness (QED) is 0.261. The van der Waals surface area contributed by atoms with Gasteiger partial charge in [0.2, 0.25) is 0 Å². The van der Waals surface area contributed by atoms with Gasteiger partial charge in [0.1, 0.15) is 0 Å². The Bertz CT molecular complexity index is 715. The summed E-state index contributed by atoms with van der Waals surface area (Å²) in [5.41, 5.74) is 2.19. The zero-order valence-electron chi connectivity index (χ0n) is 15.8. The lowest BCUT2D eigenvalue weighted by atomic mass is 10.1. The number of nitrogens with one attached hydrogen (secondary N) is 2. The number of rotatable bonds is 8. The molecular formula is C20H29IN4O2. The van der Waals surface area contributed by atoms with E-state index in [2.05, 4.69) is 44.9 Å². The monoisotopic (exact) mass is 484 g/mol. The summed E-state index contributed by atoms with van der Waals surface area (Å²) in [6.45, 7) is 4.80. The molecule has 2 heterocycles. The number of halogens is 1. The zero-order chi connectivity index (χ0) is 18.0. The summed E-state index contributed by atoms with van der Waals surface area (Å²) >= 11 is 0. The number of fused-ring (bicyclic) bond motifs is 1. The maximum absolute atomic E-state index is 5.72. The lowest BCUT2D eigenvalue weighted by molar-refractivity contribution is 0.0888. The smallest absolute Gasteiger partial charge is 0.191 e. The van der Waals surface area contributed by atoms with Gasteiger partial charge in [-0.25, -0.2) is 0 Å². The minimum Gasteiger partial charge on any atom is -0.381 e. The molecule has 1 aliphatic rings. The van der Waals surface area contributed by atoms with Crippen molar-refractivity contribution in [3.8, 4) is 0 Å². The Morgan fingerprint density at radius 3 is 3.00 bits per heavy atom. The molecular weight excluding hydrogens is 455 g/mol. The number of hydrogen-bond donors (Lipinski definition) is 2. The summed E-state index contributed by atoms with van der Waals surface area (Å²) in [7, 11) is 1.78. The molecule has 7 heteroatoms. The van der Waals surface area contributed by atoms with Crippen LogP contribution in [-0.2, 0) is 16.0 Å². The zero-order valence-corrected chi connectivity index (χ0v) is 18.1. The molecule has 0 amide bonds. The van der Waals surface area contributed by atoms with Crippen LogP contribution in [0.3, 0.4) is 0 Å². The van der Waals surface area contributed by atoms with Gasteiger partial charge in [0.15, 0.2) is 5.96 Å². The van der Waals surface area contributed by atoms with Crippen molar-refractivity contribution in [3.05, 3.63) is 42.1 Å². The first-order chi connectivity index (χ1) is 12.9. The van der Waals surface area contributed by atoms with Crippen LogP contribution in [0.5, 0.6) is 0 Å². The molecule has 1 saturated heterocycles. The maximum Gasteiger partial charge on any atom is 0.191 e. The van der Waals surface area contributed by atoms with E-state index in [1.54, 1.807) is 7.05 Å². The normalized spacial score (nSPS) is 16.9. The molecule has 27 heavy (non-hydrogen) atoms. The summed E-state index contributed by atoms with van der Waals surface area (Å²) in [6, 6.07) is 10.3. The van der Waals surface area contributed by atoms with Gasteiger partial charge >= 0.3 is 0 Å². The molecule has 0 spiro atoms. The highest BCUT2D eigenvalue weighted by Gasteiger charge is 2.15. The van der Waals surface area contributed by atoms with Gasteiger partial charge in [-0.05, 0) is 24.5 Å². The third-order valence-corrected chi connectivity index (χ3v) is 4.52. The number of aromatic nitrogens is 1. The molecule has 1 aliphatic heterocycles. The number of guanidine groups is 1. The molecule has 2 N–H and O–H groups in total. The topological polar surface area (TPSA) is 67.8 Å². The maximum atomic E-state index is 5.72. The minimum absolute atomic E-state index is 0. The van der Waals surface area contributed by atoms with Gasteiger partial charge in [0, 0.05) is 50.9 Å². The van der Waals surface area contributed by atoms with Gasteiger partial charge in [0.25, 0.3) is 0 Å². The average molecular weight is 484 g/mol. The SMILES string of the molecule is CN=C(NCCCOCC1CCOC1)NCc1cccc2cccnc12.I. The predicted octanol–water partition coefficient (Wildman–Crippen LogP) is 2.96. The van der Waals surface area contributed by atoms with Gasteiger partial charge < -0.3 is 20.1 Å². The molecule has 1 aromatic carbocycles. The largest absolute Gasteiger partial charge is 0.381 e. The van der Waals surface area contributed by atoms with Crippen LogP contribution in [0, 0.1) is 5.92 Å². The Balaban J connectivity index is 0.00000261. The fourth-order valence-corrected chi connectivity index (χ4v) is 3.06. The summed E-state index contributed by atoms with van der Waals surface area (Å²) < 4.78 is 11.1. The van der Waals surface area contributed by atoms with Crippen LogP contribution in [0.15, 0.2) is 41.5 Å². The molecule has 0 aliphatic carbocycles. The summed E-state index contributed by atoms with van der Waals surface area (Å²) in [4.78, 5) is 8.77. The van der Waals surface area contributed by atoms with E-state index < -0.39 is 0 Å². The van der Waals surface area contributed by atoms with E-state index in [0.717, 1.165) is 68.2 Å². The van der Waals surface area contributed by atoms with Gasteiger partial charge in [-0.3, -0.25) is 9.98 Å². The summed E-state index contributed by atoms with van der Waals surface area (Å²) in [5, 5.41) is 7.84. The van der Waals surface area contributed by atoms with Crippen molar-refractivity contribution >= 4 is 40.8 Å². The highest BCUT2D eigenvalue weighted by atomic mass is 127. The van der Waals surface area contributed by atoms with E-state index in [9.17, 15) is 0 Å². The number of aliphatic imine (C=N–C) groups is 1. The van der Waals surface area contributed by atoms with Gasteiger partial charge in [-0.2, -0.15) is 0 Å². The highest BCUT2D eigenvalue weighted by Crippen LogP contribution is 2.15. The Hall–Kier alpha value is -1.45. The van der Waals surface area contributed by atoms with E-state index in [4.69, 9.17) is 9.47 Å². The number of hydrogen-bond acceptors (Lipinski definition) is 4. The highest BCUT2D eigenvalue weighted by molar-refractivity contribution is 14.0. The predicted molar refractivity (Wildman–Crippen MR) is 120 cm³/mol. The lowest BCUT2D eigenvalue weighted by Gasteiger charge is -2.13. The molecule has 2 aromatic rings. The van der Waals surface area contributed by atoms with Crippen molar-refractivity contribution in [1.29, 1.82) is 0 Å². The van der Waals surface area contributed by atoms with Crippen LogP contribution in [0.4, 0.5) is 0 Å². The van der Waals surface area contributed by atoms with Crippen molar-refractivity contribution in [3.63, 3.8) is 0 Å².